The van der Waals surface area contributed by atoms with E-state index >= 15 is 0 Å². The van der Waals surface area contributed by atoms with Gasteiger partial charge in [0.05, 0.1) is 11.9 Å². The molecule has 2 nitrogen and oxygen atoms in total. The van der Waals surface area contributed by atoms with Crippen LogP contribution < -0.4 is 0 Å². The van der Waals surface area contributed by atoms with Gasteiger partial charge in [0.1, 0.15) is 0 Å². The zero-order valence-electron chi connectivity index (χ0n) is 7.17. The van der Waals surface area contributed by atoms with Gasteiger partial charge >= 0.3 is 0 Å². The lowest BCUT2D eigenvalue weighted by Gasteiger charge is -2.23. The van der Waals surface area contributed by atoms with Crippen LogP contribution in [0.1, 0.15) is 26.7 Å². The summed E-state index contributed by atoms with van der Waals surface area (Å²) in [4.78, 5) is 0. The lowest BCUT2D eigenvalue weighted by molar-refractivity contribution is 0.0894. The predicted octanol–water partition coefficient (Wildman–Crippen LogP) is 2.17. The summed E-state index contributed by atoms with van der Waals surface area (Å²) in [5.74, 6) is 0. The van der Waals surface area contributed by atoms with Gasteiger partial charge in [-0.1, -0.05) is 13.0 Å². The van der Waals surface area contributed by atoms with E-state index in [1.807, 2.05) is 6.92 Å². The highest BCUT2D eigenvalue weighted by molar-refractivity contribution is 5.14. The third-order valence-corrected chi connectivity index (χ3v) is 1.90. The fraction of sp³-hybridized carbons (Fsp3) is 0.556. The quantitative estimate of drug-likeness (QED) is 0.483. The van der Waals surface area contributed by atoms with Crippen molar-refractivity contribution >= 4 is 0 Å². The molecule has 1 unspecified atom stereocenters. The molecule has 0 heterocycles. The highest BCUT2D eigenvalue weighted by Gasteiger charge is 2.22. The van der Waals surface area contributed by atoms with Crippen LogP contribution in [-0.2, 0) is 0 Å². The van der Waals surface area contributed by atoms with Gasteiger partial charge in [-0.05, 0) is 25.3 Å². The Bertz CT molecular complexity index is 157. The van der Waals surface area contributed by atoms with Gasteiger partial charge in [0.2, 0.25) is 0 Å². The van der Waals surface area contributed by atoms with Gasteiger partial charge in [-0.15, -0.1) is 6.58 Å². The van der Waals surface area contributed by atoms with Crippen molar-refractivity contribution in [1.82, 2.24) is 0 Å². The van der Waals surface area contributed by atoms with Crippen molar-refractivity contribution in [2.45, 2.75) is 32.3 Å². The van der Waals surface area contributed by atoms with Crippen molar-refractivity contribution in [3.05, 3.63) is 24.5 Å². The summed E-state index contributed by atoms with van der Waals surface area (Å²) < 4.78 is 0. The Hall–Kier alpha value is -0.760. The van der Waals surface area contributed by atoms with Crippen LogP contribution in [0.5, 0.6) is 0 Å². The number of aliphatic hydroxyl groups is 2. The van der Waals surface area contributed by atoms with E-state index in [4.69, 9.17) is 5.11 Å². The zero-order chi connectivity index (χ0) is 8.91. The summed E-state index contributed by atoms with van der Waals surface area (Å²) in [6.07, 6.45) is 3.74. The normalized spacial score (nSPS) is 17.5. The second-order valence-electron chi connectivity index (χ2n) is 2.77. The molecule has 0 fully saturated rings. The molecule has 0 aromatic rings. The Kier molecular flexibility index (Phi) is 3.90. The van der Waals surface area contributed by atoms with Crippen molar-refractivity contribution < 1.29 is 10.2 Å². The highest BCUT2D eigenvalue weighted by atomic mass is 16.3. The zero-order valence-corrected chi connectivity index (χ0v) is 7.17. The lowest BCUT2D eigenvalue weighted by atomic mass is 9.92. The first-order valence-electron chi connectivity index (χ1n) is 3.75. The summed E-state index contributed by atoms with van der Waals surface area (Å²) in [5, 5.41) is 18.4. The molecule has 0 amide bonds. The molecule has 0 saturated carbocycles. The second kappa shape index (κ2) is 4.19. The van der Waals surface area contributed by atoms with Crippen LogP contribution in [0, 0.1) is 0 Å². The standard InChI is InChI=1S/C9H16O2/c1-4-6-8(7-10)9(3,11)5-2/h4,7,10-11H,1,5-6H2,2-3H3. The average molecular weight is 156 g/mol. The van der Waals surface area contributed by atoms with Crippen molar-refractivity contribution in [3.63, 3.8) is 0 Å². The first-order chi connectivity index (χ1) is 5.08. The fourth-order valence-corrected chi connectivity index (χ4v) is 0.794. The highest BCUT2D eigenvalue weighted by Crippen LogP contribution is 2.22. The SMILES string of the molecule is C=CCC(=CO)C(C)(O)CC. The predicted molar refractivity (Wildman–Crippen MR) is 46.4 cm³/mol. The molecule has 0 aliphatic rings. The summed E-state index contributed by atoms with van der Waals surface area (Å²) >= 11 is 0. The molecule has 0 bridgehead atoms. The lowest BCUT2D eigenvalue weighted by Crippen LogP contribution is -2.25. The Morgan fingerprint density at radius 2 is 2.18 bits per heavy atom. The molecule has 0 aromatic carbocycles. The van der Waals surface area contributed by atoms with E-state index in [-0.39, 0.29) is 0 Å². The van der Waals surface area contributed by atoms with Gasteiger partial charge in [0.15, 0.2) is 0 Å². The monoisotopic (exact) mass is 156 g/mol. The van der Waals surface area contributed by atoms with Gasteiger partial charge < -0.3 is 10.2 Å². The largest absolute Gasteiger partial charge is 0.516 e. The number of hydrogen-bond acceptors (Lipinski definition) is 2. The molecule has 1 atom stereocenters. The first-order valence-corrected chi connectivity index (χ1v) is 3.75. The Morgan fingerprint density at radius 1 is 1.64 bits per heavy atom. The van der Waals surface area contributed by atoms with E-state index in [0.29, 0.717) is 18.4 Å². The van der Waals surface area contributed by atoms with Crippen LogP contribution >= 0.6 is 0 Å². The number of hydrogen-bond donors (Lipinski definition) is 2. The van der Waals surface area contributed by atoms with Crippen molar-refractivity contribution in [2.24, 2.45) is 0 Å². The molecule has 0 radical (unpaired) electrons. The second-order valence-corrected chi connectivity index (χ2v) is 2.77. The molecule has 2 N–H and O–H groups in total. The van der Waals surface area contributed by atoms with E-state index in [0.717, 1.165) is 6.26 Å². The van der Waals surface area contributed by atoms with Crippen LogP contribution in [0.25, 0.3) is 0 Å². The molecule has 0 aliphatic carbocycles. The molecule has 0 rings (SSSR count). The molecule has 2 heteroatoms. The van der Waals surface area contributed by atoms with Gasteiger partial charge in [-0.3, -0.25) is 0 Å². The van der Waals surface area contributed by atoms with Gasteiger partial charge in [-0.25, -0.2) is 0 Å². The first kappa shape index (κ1) is 10.2. The minimum atomic E-state index is -0.900. The molecular formula is C9H16O2. The van der Waals surface area contributed by atoms with Gasteiger partial charge in [0.25, 0.3) is 0 Å². The van der Waals surface area contributed by atoms with E-state index in [1.54, 1.807) is 13.0 Å². The van der Waals surface area contributed by atoms with Crippen LogP contribution in [-0.4, -0.2) is 15.8 Å². The molecule has 0 aromatic heterocycles. The molecule has 0 saturated heterocycles. The Labute approximate surface area is 67.9 Å². The summed E-state index contributed by atoms with van der Waals surface area (Å²) in [7, 11) is 0. The van der Waals surface area contributed by atoms with Crippen LogP contribution in [0.4, 0.5) is 0 Å². The number of aliphatic hydroxyl groups excluding tert-OH is 1. The number of allylic oxidation sites excluding steroid dienone is 1. The van der Waals surface area contributed by atoms with Crippen molar-refractivity contribution in [3.8, 4) is 0 Å². The third-order valence-electron chi connectivity index (χ3n) is 1.90. The number of rotatable bonds is 4. The van der Waals surface area contributed by atoms with E-state index < -0.39 is 5.60 Å². The summed E-state index contributed by atoms with van der Waals surface area (Å²) in [6.45, 7) is 7.08. The third kappa shape index (κ3) is 2.76. The van der Waals surface area contributed by atoms with Gasteiger partial charge in [-0.2, -0.15) is 0 Å². The average Bonchev–Trinajstić information content (AvgIpc) is 2.00. The summed E-state index contributed by atoms with van der Waals surface area (Å²) in [6, 6.07) is 0. The molecule has 0 spiro atoms. The van der Waals surface area contributed by atoms with E-state index in [2.05, 4.69) is 6.58 Å². The minimum absolute atomic E-state index is 0.525. The minimum Gasteiger partial charge on any atom is -0.516 e. The molecule has 0 aliphatic heterocycles. The maximum absolute atomic E-state index is 9.64. The van der Waals surface area contributed by atoms with Crippen LogP contribution in [0.2, 0.25) is 0 Å². The maximum Gasteiger partial charge on any atom is 0.0861 e. The topological polar surface area (TPSA) is 40.5 Å². The smallest absolute Gasteiger partial charge is 0.0861 e. The molecular weight excluding hydrogens is 140 g/mol. The van der Waals surface area contributed by atoms with E-state index in [9.17, 15) is 5.11 Å². The molecule has 11 heavy (non-hydrogen) atoms. The van der Waals surface area contributed by atoms with Crippen molar-refractivity contribution in [2.75, 3.05) is 0 Å². The maximum atomic E-state index is 9.64. The van der Waals surface area contributed by atoms with Gasteiger partial charge in [0, 0.05) is 0 Å². The van der Waals surface area contributed by atoms with Crippen LogP contribution in [0.15, 0.2) is 24.5 Å². The van der Waals surface area contributed by atoms with Crippen molar-refractivity contribution in [1.29, 1.82) is 0 Å². The van der Waals surface area contributed by atoms with Crippen LogP contribution in [0.3, 0.4) is 0 Å². The Morgan fingerprint density at radius 3 is 2.45 bits per heavy atom. The molecule has 64 valence electrons. The fourth-order valence-electron chi connectivity index (χ4n) is 0.794. The summed E-state index contributed by atoms with van der Waals surface area (Å²) in [5.41, 5.74) is -0.293. The van der Waals surface area contributed by atoms with E-state index in [1.165, 1.54) is 0 Å². The Balaban J connectivity index is 4.37.